The number of thiophene rings is 1. The molecule has 3 rings (SSSR count). The van der Waals surface area contributed by atoms with E-state index in [2.05, 4.69) is 16.9 Å². The van der Waals surface area contributed by atoms with E-state index in [4.69, 9.17) is 0 Å². The highest BCUT2D eigenvalue weighted by Gasteiger charge is 2.15. The summed E-state index contributed by atoms with van der Waals surface area (Å²) < 4.78 is 1.48. The van der Waals surface area contributed by atoms with Crippen LogP contribution in [-0.4, -0.2) is 26.1 Å². The van der Waals surface area contributed by atoms with Crippen molar-refractivity contribution in [1.29, 1.82) is 0 Å². The van der Waals surface area contributed by atoms with Crippen LogP contribution in [0.5, 0.6) is 0 Å². The third-order valence-corrected chi connectivity index (χ3v) is 5.67. The number of rotatable bonds is 7. The molecule has 10 heteroatoms. The van der Waals surface area contributed by atoms with Gasteiger partial charge >= 0.3 is 0 Å². The molecular formula is C18H16N4O4S2. The fourth-order valence-corrected chi connectivity index (χ4v) is 4.16. The Morgan fingerprint density at radius 3 is 2.93 bits per heavy atom. The van der Waals surface area contributed by atoms with Gasteiger partial charge in [-0.25, -0.2) is 4.98 Å². The summed E-state index contributed by atoms with van der Waals surface area (Å²) in [5, 5.41) is 16.3. The molecule has 28 heavy (non-hydrogen) atoms. The number of carbonyl (C=O) groups excluding carboxylic acids is 1. The molecule has 0 aliphatic carbocycles. The number of amides is 1. The summed E-state index contributed by atoms with van der Waals surface area (Å²) in [7, 11) is 0. The Morgan fingerprint density at radius 1 is 1.46 bits per heavy atom. The van der Waals surface area contributed by atoms with Gasteiger partial charge in [0, 0.05) is 24.4 Å². The third-order valence-electron chi connectivity index (χ3n) is 3.89. The number of benzene rings is 1. The van der Waals surface area contributed by atoms with Gasteiger partial charge in [0.15, 0.2) is 5.16 Å². The van der Waals surface area contributed by atoms with Gasteiger partial charge in [-0.1, -0.05) is 17.8 Å². The van der Waals surface area contributed by atoms with Crippen LogP contribution in [0, 0.1) is 17.0 Å². The lowest BCUT2D eigenvalue weighted by atomic mass is 10.2. The Hall–Kier alpha value is -2.98. The molecular weight excluding hydrogens is 400 g/mol. The predicted molar refractivity (Wildman–Crippen MR) is 111 cm³/mol. The number of fused-ring (bicyclic) bond motifs is 1. The van der Waals surface area contributed by atoms with Crippen LogP contribution in [0.2, 0.25) is 0 Å². The lowest BCUT2D eigenvalue weighted by Crippen LogP contribution is -2.23. The molecule has 144 valence electrons. The van der Waals surface area contributed by atoms with Crippen LogP contribution in [0.25, 0.3) is 10.2 Å². The van der Waals surface area contributed by atoms with Gasteiger partial charge in [0.25, 0.3) is 11.2 Å². The fourth-order valence-electron chi connectivity index (χ4n) is 2.55. The van der Waals surface area contributed by atoms with Crippen molar-refractivity contribution in [2.75, 3.05) is 11.1 Å². The minimum Gasteiger partial charge on any atom is -0.325 e. The van der Waals surface area contributed by atoms with Crippen molar-refractivity contribution in [2.24, 2.45) is 0 Å². The highest BCUT2D eigenvalue weighted by molar-refractivity contribution is 7.99. The monoisotopic (exact) mass is 416 g/mol. The Labute approximate surface area is 168 Å². The summed E-state index contributed by atoms with van der Waals surface area (Å²) in [6.45, 7) is 5.64. The van der Waals surface area contributed by atoms with Crippen molar-refractivity contribution in [2.45, 2.75) is 18.6 Å². The minimum absolute atomic E-state index is 0.0354. The highest BCUT2D eigenvalue weighted by atomic mass is 32.2. The summed E-state index contributed by atoms with van der Waals surface area (Å²) >= 11 is 2.52. The molecule has 1 N–H and O–H groups in total. The molecule has 0 radical (unpaired) electrons. The number of nitrogens with one attached hydrogen (secondary N) is 1. The molecule has 3 aromatic rings. The molecule has 0 fully saturated rings. The zero-order valence-electron chi connectivity index (χ0n) is 14.9. The molecule has 0 aliphatic heterocycles. The van der Waals surface area contributed by atoms with Crippen molar-refractivity contribution in [1.82, 2.24) is 9.55 Å². The molecule has 0 aliphatic rings. The van der Waals surface area contributed by atoms with Crippen molar-refractivity contribution >= 4 is 50.6 Å². The number of nitro groups is 1. The van der Waals surface area contributed by atoms with Gasteiger partial charge < -0.3 is 5.32 Å². The summed E-state index contributed by atoms with van der Waals surface area (Å²) in [5.41, 5.74) is 0.891. The molecule has 0 spiro atoms. The van der Waals surface area contributed by atoms with Crippen molar-refractivity contribution in [3.8, 4) is 0 Å². The molecule has 1 aromatic carbocycles. The Kier molecular flexibility index (Phi) is 5.90. The lowest BCUT2D eigenvalue weighted by Gasteiger charge is -2.11. The van der Waals surface area contributed by atoms with E-state index >= 15 is 0 Å². The van der Waals surface area contributed by atoms with Gasteiger partial charge in [-0.05, 0) is 30.0 Å². The number of nitro benzene ring substituents is 1. The summed E-state index contributed by atoms with van der Waals surface area (Å²) in [6, 6.07) is 5.97. The summed E-state index contributed by atoms with van der Waals surface area (Å²) in [6.07, 6.45) is 1.60. The molecule has 2 aromatic heterocycles. The second kappa shape index (κ2) is 8.36. The number of nitrogens with zero attached hydrogens (tertiary/aromatic N) is 3. The predicted octanol–water partition coefficient (Wildman–Crippen LogP) is 3.59. The number of aromatic nitrogens is 2. The Morgan fingerprint density at radius 2 is 2.25 bits per heavy atom. The Bertz CT molecular complexity index is 1140. The second-order valence-electron chi connectivity index (χ2n) is 5.83. The van der Waals surface area contributed by atoms with E-state index < -0.39 is 4.92 Å². The van der Waals surface area contributed by atoms with Crippen LogP contribution in [0.4, 0.5) is 11.4 Å². The van der Waals surface area contributed by atoms with E-state index in [1.165, 1.54) is 34.1 Å². The van der Waals surface area contributed by atoms with Crippen LogP contribution < -0.4 is 10.9 Å². The van der Waals surface area contributed by atoms with Gasteiger partial charge in [-0.15, -0.1) is 17.9 Å². The third kappa shape index (κ3) is 4.12. The van der Waals surface area contributed by atoms with Crippen LogP contribution in [0.3, 0.4) is 0 Å². The van der Waals surface area contributed by atoms with Gasteiger partial charge in [0.2, 0.25) is 5.91 Å². The number of carbonyl (C=O) groups is 1. The van der Waals surface area contributed by atoms with E-state index in [1.54, 1.807) is 24.4 Å². The molecule has 0 atom stereocenters. The zero-order chi connectivity index (χ0) is 20.3. The van der Waals surface area contributed by atoms with E-state index in [-0.39, 0.29) is 22.9 Å². The SMILES string of the molecule is C=CCn1c(SCC(=O)Nc2ccc([N+](=O)[O-])cc2C)nc2sccc2c1=O. The van der Waals surface area contributed by atoms with Crippen molar-refractivity contribution < 1.29 is 9.72 Å². The van der Waals surface area contributed by atoms with Gasteiger partial charge in [0.05, 0.1) is 16.1 Å². The Balaban J connectivity index is 1.76. The van der Waals surface area contributed by atoms with Crippen LogP contribution in [-0.2, 0) is 11.3 Å². The maximum Gasteiger partial charge on any atom is 0.269 e. The molecule has 1 amide bonds. The summed E-state index contributed by atoms with van der Waals surface area (Å²) in [5.74, 6) is -0.260. The van der Waals surface area contributed by atoms with Gasteiger partial charge in [-0.2, -0.15) is 0 Å². The molecule has 0 saturated carbocycles. The lowest BCUT2D eigenvalue weighted by molar-refractivity contribution is -0.384. The maximum absolute atomic E-state index is 12.6. The number of non-ortho nitro benzene ring substituents is 1. The minimum atomic E-state index is -0.486. The topological polar surface area (TPSA) is 107 Å². The largest absolute Gasteiger partial charge is 0.325 e. The molecule has 0 saturated heterocycles. The number of hydrogen-bond donors (Lipinski definition) is 1. The van der Waals surface area contributed by atoms with Crippen LogP contribution in [0.15, 0.2) is 52.3 Å². The quantitative estimate of drug-likeness (QED) is 0.207. The van der Waals surface area contributed by atoms with Crippen molar-refractivity contribution in [3.05, 3.63) is 68.3 Å². The molecule has 8 nitrogen and oxygen atoms in total. The molecule has 0 unspecified atom stereocenters. The summed E-state index contributed by atoms with van der Waals surface area (Å²) in [4.78, 5) is 40.3. The van der Waals surface area contributed by atoms with Crippen molar-refractivity contribution in [3.63, 3.8) is 0 Å². The smallest absolute Gasteiger partial charge is 0.269 e. The van der Waals surface area contributed by atoms with E-state index in [0.717, 1.165) is 11.8 Å². The van der Waals surface area contributed by atoms with E-state index in [0.29, 0.717) is 33.2 Å². The second-order valence-corrected chi connectivity index (χ2v) is 7.67. The standard InChI is InChI=1S/C18H16N4O4S2/c1-3-7-21-17(24)13-6-8-27-16(13)20-18(21)28-10-15(23)19-14-5-4-12(22(25)26)9-11(14)2/h3-6,8-9H,1,7,10H2,2H3,(H,19,23). The van der Waals surface area contributed by atoms with E-state index in [1.807, 2.05) is 0 Å². The first kappa shape index (κ1) is 19.8. The number of hydrogen-bond acceptors (Lipinski definition) is 7. The molecule has 2 heterocycles. The maximum atomic E-state index is 12.6. The highest BCUT2D eigenvalue weighted by Crippen LogP contribution is 2.23. The zero-order valence-corrected chi connectivity index (χ0v) is 16.5. The van der Waals surface area contributed by atoms with E-state index in [9.17, 15) is 19.7 Å². The first-order valence-corrected chi connectivity index (χ1v) is 10.0. The fraction of sp³-hybridized carbons (Fsp3) is 0.167. The number of allylic oxidation sites excluding steroid dienone is 1. The normalized spacial score (nSPS) is 10.8. The van der Waals surface area contributed by atoms with Crippen LogP contribution >= 0.6 is 23.1 Å². The average molecular weight is 416 g/mol. The van der Waals surface area contributed by atoms with Gasteiger partial charge in [0.1, 0.15) is 4.83 Å². The first-order chi connectivity index (χ1) is 13.4. The average Bonchev–Trinajstić information content (AvgIpc) is 3.13. The number of thioether (sulfide) groups is 1. The molecule has 0 bridgehead atoms. The number of anilines is 1. The van der Waals surface area contributed by atoms with Gasteiger partial charge in [-0.3, -0.25) is 24.3 Å². The number of aryl methyl sites for hydroxylation is 1. The van der Waals surface area contributed by atoms with Crippen LogP contribution in [0.1, 0.15) is 5.56 Å². The first-order valence-electron chi connectivity index (χ1n) is 8.17.